The molecule has 2 N–H and O–H groups in total. The van der Waals surface area contributed by atoms with E-state index < -0.39 is 41.1 Å². The van der Waals surface area contributed by atoms with Crippen LogP contribution in [0.15, 0.2) is 18.2 Å². The highest BCUT2D eigenvalue weighted by molar-refractivity contribution is 7.80. The van der Waals surface area contributed by atoms with Gasteiger partial charge in [-0.25, -0.2) is 9.00 Å². The van der Waals surface area contributed by atoms with Crippen LogP contribution >= 0.6 is 0 Å². The zero-order valence-electron chi connectivity index (χ0n) is 16.8. The van der Waals surface area contributed by atoms with Gasteiger partial charge in [0.15, 0.2) is 5.75 Å². The van der Waals surface area contributed by atoms with E-state index in [2.05, 4.69) is 4.74 Å². The Morgan fingerprint density at radius 3 is 2.50 bits per heavy atom. The van der Waals surface area contributed by atoms with E-state index in [9.17, 15) is 27.0 Å². The molecule has 0 aromatic heterocycles. The lowest BCUT2D eigenvalue weighted by molar-refractivity contribution is -0.274. The molecule has 0 aliphatic carbocycles. The van der Waals surface area contributed by atoms with Gasteiger partial charge < -0.3 is 24.0 Å². The van der Waals surface area contributed by atoms with Crippen LogP contribution in [0.5, 0.6) is 5.75 Å². The predicted octanol–water partition coefficient (Wildman–Crippen LogP) is 2.21. The summed E-state index contributed by atoms with van der Waals surface area (Å²) in [6, 6.07) is 3.09. The third-order valence-electron chi connectivity index (χ3n) is 4.89. The summed E-state index contributed by atoms with van der Waals surface area (Å²) in [6.45, 7) is 1.52. The molecule has 178 valence electrons. The van der Waals surface area contributed by atoms with Crippen LogP contribution in [0.1, 0.15) is 23.2 Å². The van der Waals surface area contributed by atoms with Crippen molar-refractivity contribution in [3.8, 4) is 5.75 Å². The van der Waals surface area contributed by atoms with Crippen LogP contribution in [0, 0.1) is 0 Å². The quantitative estimate of drug-likeness (QED) is 0.598. The fourth-order valence-corrected chi connectivity index (χ4v) is 3.71. The maximum atomic E-state index is 12.7. The number of nitrogens with zero attached hydrogens (tertiary/aromatic N) is 2. The molecule has 10 nitrogen and oxygen atoms in total. The van der Waals surface area contributed by atoms with Gasteiger partial charge in [-0.1, -0.05) is 0 Å². The number of rotatable bonds is 6. The number of hydrogen-bond donors (Lipinski definition) is 2. The van der Waals surface area contributed by atoms with Gasteiger partial charge in [0, 0.05) is 38.3 Å². The summed E-state index contributed by atoms with van der Waals surface area (Å²) >= 11 is -2.64. The number of piperazine rings is 1. The lowest BCUT2D eigenvalue weighted by Gasteiger charge is -2.34. The summed E-state index contributed by atoms with van der Waals surface area (Å²) in [7, 11) is 0. The van der Waals surface area contributed by atoms with E-state index in [1.165, 1.54) is 15.9 Å². The molecule has 2 saturated heterocycles. The monoisotopic (exact) mass is 481 g/mol. The second kappa shape index (κ2) is 10.4. The zero-order valence-corrected chi connectivity index (χ0v) is 17.6. The van der Waals surface area contributed by atoms with Gasteiger partial charge >= 0.3 is 12.5 Å². The minimum absolute atomic E-state index is 0.101. The van der Waals surface area contributed by atoms with Gasteiger partial charge in [0.05, 0.1) is 11.8 Å². The van der Waals surface area contributed by atoms with Gasteiger partial charge in [0.25, 0.3) is 17.2 Å². The van der Waals surface area contributed by atoms with Gasteiger partial charge in [0.2, 0.25) is 0 Å². The second-order valence-corrected chi connectivity index (χ2v) is 7.80. The van der Waals surface area contributed by atoms with Crippen LogP contribution in [0.4, 0.5) is 23.7 Å². The molecule has 0 spiro atoms. The van der Waals surface area contributed by atoms with Crippen LogP contribution in [-0.2, 0) is 20.7 Å². The number of amides is 2. The zero-order chi connectivity index (χ0) is 23.3. The van der Waals surface area contributed by atoms with Crippen LogP contribution in [0.2, 0.25) is 0 Å². The first-order valence-electron chi connectivity index (χ1n) is 9.72. The van der Waals surface area contributed by atoms with Crippen LogP contribution in [0.3, 0.4) is 0 Å². The fraction of sp³-hybridized carbons (Fsp3) is 0.556. The molecule has 2 atom stereocenters. The molecule has 2 unspecified atom stereocenters. The minimum Gasteiger partial charge on any atom is -0.447 e. The Kier molecular flexibility index (Phi) is 7.79. The average Bonchev–Trinajstić information content (AvgIpc) is 3.25. The van der Waals surface area contributed by atoms with Crippen molar-refractivity contribution in [3.63, 3.8) is 0 Å². The van der Waals surface area contributed by atoms with E-state index >= 15 is 0 Å². The fourth-order valence-electron chi connectivity index (χ4n) is 3.35. The summed E-state index contributed by atoms with van der Waals surface area (Å²) in [5, 5.41) is 0. The molecule has 1 aromatic rings. The smallest absolute Gasteiger partial charge is 0.447 e. The van der Waals surface area contributed by atoms with E-state index in [1.54, 1.807) is 0 Å². The number of hydrogen-bond acceptors (Lipinski definition) is 6. The predicted molar refractivity (Wildman–Crippen MR) is 105 cm³/mol. The van der Waals surface area contributed by atoms with Crippen molar-refractivity contribution >= 4 is 29.0 Å². The number of benzene rings is 1. The van der Waals surface area contributed by atoms with Gasteiger partial charge in [0.1, 0.15) is 6.61 Å². The number of nitrogens with one attached hydrogen (secondary N) is 1. The average molecular weight is 481 g/mol. The first kappa shape index (κ1) is 24.1. The maximum absolute atomic E-state index is 12.7. The maximum Gasteiger partial charge on any atom is 0.573 e. The van der Waals surface area contributed by atoms with Crippen molar-refractivity contribution in [2.45, 2.75) is 25.3 Å². The largest absolute Gasteiger partial charge is 0.573 e. The Morgan fingerprint density at radius 2 is 1.91 bits per heavy atom. The third-order valence-corrected chi connectivity index (χ3v) is 5.29. The normalized spacial score (nSPS) is 20.1. The molecule has 2 aliphatic heterocycles. The standard InChI is InChI=1S/C18H22F3N3O7S/c19-18(20,21)31-15-10-12(3-4-14(15)22-32(27)28)16(25)23-5-7-24(8-6-23)17(26)30-11-13-2-1-9-29-13/h3-4,10,13,22H,1-2,5-9,11H2,(H,27,28). The molecular formula is C18H22F3N3O7S. The van der Waals surface area contributed by atoms with Gasteiger partial charge in [-0.05, 0) is 31.0 Å². The van der Waals surface area contributed by atoms with E-state index in [0.29, 0.717) is 6.61 Å². The topological polar surface area (TPSA) is 118 Å². The SMILES string of the molecule is O=C(OCC1CCCO1)N1CCN(C(=O)c2ccc(NS(=O)O)c(OC(F)(F)F)c2)CC1. The number of carbonyl (C=O) groups is 2. The van der Waals surface area contributed by atoms with E-state index in [0.717, 1.165) is 25.0 Å². The Balaban J connectivity index is 1.59. The van der Waals surface area contributed by atoms with E-state index in [4.69, 9.17) is 14.0 Å². The highest BCUT2D eigenvalue weighted by Gasteiger charge is 2.33. The first-order valence-corrected chi connectivity index (χ1v) is 10.8. The van der Waals surface area contributed by atoms with Gasteiger partial charge in [-0.15, -0.1) is 13.2 Å². The molecule has 14 heteroatoms. The molecule has 2 amide bonds. The van der Waals surface area contributed by atoms with Crippen molar-refractivity contribution in [2.24, 2.45) is 0 Å². The van der Waals surface area contributed by atoms with Crippen LogP contribution in [0.25, 0.3) is 0 Å². The minimum atomic E-state index is -5.06. The Hall–Kier alpha value is -2.58. The van der Waals surface area contributed by atoms with Crippen LogP contribution in [-0.4, -0.2) is 82.4 Å². The molecule has 0 saturated carbocycles. The number of ether oxygens (including phenoxy) is 3. The lowest BCUT2D eigenvalue weighted by Crippen LogP contribution is -2.51. The summed E-state index contributed by atoms with van der Waals surface area (Å²) in [4.78, 5) is 27.7. The number of carbonyl (C=O) groups excluding carboxylic acids is 2. The van der Waals surface area contributed by atoms with E-state index in [1.807, 2.05) is 4.72 Å². The molecule has 2 aliphatic rings. The van der Waals surface area contributed by atoms with Crippen molar-refractivity contribution < 1.29 is 45.7 Å². The van der Waals surface area contributed by atoms with Crippen molar-refractivity contribution in [1.29, 1.82) is 0 Å². The highest BCUT2D eigenvalue weighted by Crippen LogP contribution is 2.32. The molecular weight excluding hydrogens is 459 g/mol. The molecule has 0 bridgehead atoms. The summed E-state index contributed by atoms with van der Waals surface area (Å²) in [5.41, 5.74) is -0.508. The Bertz CT molecular complexity index is 857. The van der Waals surface area contributed by atoms with Crippen LogP contribution < -0.4 is 9.46 Å². The third kappa shape index (κ3) is 6.71. The van der Waals surface area contributed by atoms with Crippen molar-refractivity contribution in [1.82, 2.24) is 9.80 Å². The first-order chi connectivity index (χ1) is 15.1. The summed E-state index contributed by atoms with van der Waals surface area (Å²) in [5.74, 6) is -1.39. The number of halogens is 3. The molecule has 32 heavy (non-hydrogen) atoms. The Morgan fingerprint density at radius 1 is 1.22 bits per heavy atom. The van der Waals surface area contributed by atoms with Gasteiger partial charge in [-0.2, -0.15) is 0 Å². The van der Waals surface area contributed by atoms with Gasteiger partial charge in [-0.3, -0.25) is 14.1 Å². The van der Waals surface area contributed by atoms with Crippen molar-refractivity contribution in [2.75, 3.05) is 44.1 Å². The molecule has 2 fully saturated rings. The molecule has 2 heterocycles. The lowest BCUT2D eigenvalue weighted by atomic mass is 10.1. The molecule has 1 aromatic carbocycles. The van der Waals surface area contributed by atoms with Crippen molar-refractivity contribution in [3.05, 3.63) is 23.8 Å². The number of anilines is 1. The summed E-state index contributed by atoms with van der Waals surface area (Å²) in [6.07, 6.45) is -3.92. The van der Waals surface area contributed by atoms with E-state index in [-0.39, 0.29) is 44.5 Å². The molecule has 3 rings (SSSR count). The Labute approximate surface area is 184 Å². The molecule has 0 radical (unpaired) electrons. The number of alkyl halides is 3. The summed E-state index contributed by atoms with van der Waals surface area (Å²) < 4.78 is 74.2. The highest BCUT2D eigenvalue weighted by atomic mass is 32.2. The second-order valence-electron chi connectivity index (χ2n) is 7.10.